The molecular weight excluding hydrogens is 457 g/mol. The summed E-state index contributed by atoms with van der Waals surface area (Å²) in [5.74, 6) is -1.06. The molecule has 1 aliphatic rings. The maximum atomic E-state index is 13.1. The number of primary amides is 1. The number of pyridine rings is 1. The van der Waals surface area contributed by atoms with Crippen LogP contribution in [0.5, 0.6) is 0 Å². The SMILES string of the molecule is CS(=O)c1cc2nn(C3CCC(C=O)CC3)cc2cc1-c1ccc(C(F)(F)F)nc1C(N)=O. The van der Waals surface area contributed by atoms with Crippen molar-refractivity contribution in [2.24, 2.45) is 11.7 Å². The van der Waals surface area contributed by atoms with Crippen LogP contribution in [0.4, 0.5) is 13.2 Å². The number of nitrogens with zero attached hydrogens (tertiary/aromatic N) is 3. The van der Waals surface area contributed by atoms with E-state index < -0.39 is 34.3 Å². The van der Waals surface area contributed by atoms with E-state index in [1.165, 1.54) is 6.26 Å². The first-order chi connectivity index (χ1) is 15.6. The highest BCUT2D eigenvalue weighted by Gasteiger charge is 2.34. The van der Waals surface area contributed by atoms with Gasteiger partial charge in [-0.3, -0.25) is 13.7 Å². The molecule has 1 aliphatic carbocycles. The zero-order valence-corrected chi connectivity index (χ0v) is 18.4. The molecule has 4 rings (SSSR count). The van der Waals surface area contributed by atoms with Gasteiger partial charge in [-0.25, -0.2) is 4.98 Å². The summed E-state index contributed by atoms with van der Waals surface area (Å²) in [6.45, 7) is 0. The molecule has 0 radical (unpaired) electrons. The fraction of sp³-hybridized carbons (Fsp3) is 0.364. The van der Waals surface area contributed by atoms with Crippen LogP contribution in [0.25, 0.3) is 22.0 Å². The number of hydrogen-bond acceptors (Lipinski definition) is 5. The number of aromatic nitrogens is 3. The fourth-order valence-corrected chi connectivity index (χ4v) is 4.99. The summed E-state index contributed by atoms with van der Waals surface area (Å²) < 4.78 is 53.7. The molecule has 0 aliphatic heterocycles. The monoisotopic (exact) mass is 478 g/mol. The number of hydrogen-bond donors (Lipinski definition) is 1. The van der Waals surface area contributed by atoms with Gasteiger partial charge in [-0.15, -0.1) is 0 Å². The number of alkyl halides is 3. The van der Waals surface area contributed by atoms with Crippen LogP contribution in [0, 0.1) is 5.92 Å². The van der Waals surface area contributed by atoms with E-state index >= 15 is 0 Å². The largest absolute Gasteiger partial charge is 0.433 e. The number of carbonyl (C=O) groups excluding carboxylic acids is 2. The summed E-state index contributed by atoms with van der Waals surface area (Å²) >= 11 is 0. The summed E-state index contributed by atoms with van der Waals surface area (Å²) in [4.78, 5) is 26.7. The lowest BCUT2D eigenvalue weighted by molar-refractivity contribution is -0.141. The van der Waals surface area contributed by atoms with E-state index in [1.54, 1.807) is 12.1 Å². The fourth-order valence-electron chi connectivity index (χ4n) is 4.23. The lowest BCUT2D eigenvalue weighted by atomic mass is 9.87. The second-order valence-corrected chi connectivity index (χ2v) is 9.48. The number of carbonyl (C=O) groups is 2. The van der Waals surface area contributed by atoms with E-state index in [1.807, 2.05) is 10.9 Å². The van der Waals surface area contributed by atoms with Crippen LogP contribution in [-0.4, -0.2) is 37.4 Å². The van der Waals surface area contributed by atoms with Crippen molar-refractivity contribution in [3.8, 4) is 11.1 Å². The molecule has 174 valence electrons. The van der Waals surface area contributed by atoms with Crippen molar-refractivity contribution in [3.05, 3.63) is 41.9 Å². The Balaban J connectivity index is 1.82. The standard InChI is InChI=1S/C22H21F3N4O3S/c1-33(32)18-9-17-13(10-29(28-17)14-4-2-12(11-30)3-5-14)8-16(18)15-6-7-19(22(23,24)25)27-20(15)21(26)31/h6-12,14H,2-5H2,1H3,(H2,26,31). The number of rotatable bonds is 5. The first-order valence-corrected chi connectivity index (χ1v) is 11.8. The maximum Gasteiger partial charge on any atom is 0.433 e. The van der Waals surface area contributed by atoms with Gasteiger partial charge in [0, 0.05) is 39.8 Å². The van der Waals surface area contributed by atoms with E-state index in [0.717, 1.165) is 44.1 Å². The van der Waals surface area contributed by atoms with Gasteiger partial charge in [0.25, 0.3) is 5.91 Å². The molecule has 7 nitrogen and oxygen atoms in total. The van der Waals surface area contributed by atoms with Crippen molar-refractivity contribution in [3.63, 3.8) is 0 Å². The average Bonchev–Trinajstić information content (AvgIpc) is 3.20. The second kappa shape index (κ2) is 8.69. The molecule has 0 saturated heterocycles. The first kappa shape index (κ1) is 23.1. The predicted octanol–water partition coefficient (Wildman–Crippen LogP) is 3.88. The molecule has 3 aromatic rings. The van der Waals surface area contributed by atoms with Gasteiger partial charge in [-0.1, -0.05) is 0 Å². The van der Waals surface area contributed by atoms with Gasteiger partial charge in [-0.05, 0) is 49.9 Å². The van der Waals surface area contributed by atoms with Crippen molar-refractivity contribution in [2.75, 3.05) is 6.26 Å². The zero-order valence-electron chi connectivity index (χ0n) is 17.6. The summed E-state index contributed by atoms with van der Waals surface area (Å²) in [6.07, 6.45) is 2.64. The molecular formula is C22H21F3N4O3S. The molecule has 2 aromatic heterocycles. The Morgan fingerprint density at radius 1 is 1.18 bits per heavy atom. The van der Waals surface area contributed by atoms with Gasteiger partial charge < -0.3 is 10.5 Å². The molecule has 2 N–H and O–H groups in total. The third-order valence-corrected chi connectivity index (χ3v) is 6.91. The van der Waals surface area contributed by atoms with Crippen LogP contribution in [0.1, 0.15) is 47.9 Å². The van der Waals surface area contributed by atoms with Crippen LogP contribution in [0.2, 0.25) is 0 Å². The van der Waals surface area contributed by atoms with Gasteiger partial charge in [0.05, 0.1) is 22.4 Å². The summed E-state index contributed by atoms with van der Waals surface area (Å²) in [7, 11) is -1.53. The number of nitrogens with two attached hydrogens (primary N) is 1. The normalized spacial score (nSPS) is 20.0. The van der Waals surface area contributed by atoms with E-state index in [2.05, 4.69) is 10.1 Å². The van der Waals surface area contributed by atoms with Crippen LogP contribution >= 0.6 is 0 Å². The van der Waals surface area contributed by atoms with Gasteiger partial charge in [0.15, 0.2) is 0 Å². The molecule has 1 aromatic carbocycles. The Bertz CT molecular complexity index is 1260. The van der Waals surface area contributed by atoms with Crippen molar-refractivity contribution in [2.45, 2.75) is 42.8 Å². The Labute approximate surface area is 189 Å². The second-order valence-electron chi connectivity index (χ2n) is 8.13. The highest BCUT2D eigenvalue weighted by Crippen LogP contribution is 2.36. The zero-order chi connectivity index (χ0) is 23.9. The first-order valence-electron chi connectivity index (χ1n) is 10.3. The molecule has 1 amide bonds. The topological polar surface area (TPSA) is 108 Å². The van der Waals surface area contributed by atoms with E-state index in [0.29, 0.717) is 21.4 Å². The third-order valence-electron chi connectivity index (χ3n) is 5.95. The van der Waals surface area contributed by atoms with Gasteiger partial charge in [-0.2, -0.15) is 18.3 Å². The minimum absolute atomic E-state index is 0.0614. The Hall–Kier alpha value is -3.08. The summed E-state index contributed by atoms with van der Waals surface area (Å²) in [5, 5.41) is 5.28. The minimum Gasteiger partial charge on any atom is -0.364 e. The van der Waals surface area contributed by atoms with Crippen molar-refractivity contribution < 1.29 is 27.0 Å². The van der Waals surface area contributed by atoms with Gasteiger partial charge >= 0.3 is 6.18 Å². The molecule has 1 atom stereocenters. The lowest BCUT2D eigenvalue weighted by Gasteiger charge is -2.25. The molecule has 11 heteroatoms. The number of fused-ring (bicyclic) bond motifs is 1. The smallest absolute Gasteiger partial charge is 0.364 e. The predicted molar refractivity (Wildman–Crippen MR) is 116 cm³/mol. The van der Waals surface area contributed by atoms with Gasteiger partial charge in [0.2, 0.25) is 0 Å². The number of aldehydes is 1. The van der Waals surface area contributed by atoms with Crippen molar-refractivity contribution >= 4 is 33.9 Å². The number of halogens is 3. The average molecular weight is 478 g/mol. The van der Waals surface area contributed by atoms with Crippen LogP contribution in [0.15, 0.2) is 35.4 Å². The molecule has 1 unspecified atom stereocenters. The Morgan fingerprint density at radius 3 is 2.45 bits per heavy atom. The highest BCUT2D eigenvalue weighted by molar-refractivity contribution is 7.84. The van der Waals surface area contributed by atoms with Crippen molar-refractivity contribution in [1.29, 1.82) is 0 Å². The Morgan fingerprint density at radius 2 is 1.88 bits per heavy atom. The minimum atomic E-state index is -4.74. The van der Waals surface area contributed by atoms with Crippen LogP contribution < -0.4 is 5.73 Å². The van der Waals surface area contributed by atoms with Gasteiger partial charge in [0.1, 0.15) is 17.7 Å². The van der Waals surface area contributed by atoms with Crippen molar-refractivity contribution in [1.82, 2.24) is 14.8 Å². The quantitative estimate of drug-likeness (QED) is 0.560. The summed E-state index contributed by atoms with van der Waals surface area (Å²) in [5.41, 5.74) is 4.51. The molecule has 1 fully saturated rings. The Kier molecular flexibility index (Phi) is 6.08. The third kappa shape index (κ3) is 4.54. The number of amides is 1. The molecule has 33 heavy (non-hydrogen) atoms. The van der Waals surface area contributed by atoms with Crippen LogP contribution in [0.3, 0.4) is 0 Å². The number of benzene rings is 1. The maximum absolute atomic E-state index is 13.1. The van der Waals surface area contributed by atoms with E-state index in [4.69, 9.17) is 5.73 Å². The molecule has 2 heterocycles. The van der Waals surface area contributed by atoms with E-state index in [9.17, 15) is 27.0 Å². The molecule has 0 bridgehead atoms. The molecule has 1 saturated carbocycles. The van der Waals surface area contributed by atoms with E-state index in [-0.39, 0.29) is 17.5 Å². The lowest BCUT2D eigenvalue weighted by Crippen LogP contribution is -2.19. The highest BCUT2D eigenvalue weighted by atomic mass is 32.2. The summed E-state index contributed by atoms with van der Waals surface area (Å²) in [6, 6.07) is 5.25. The van der Waals surface area contributed by atoms with Crippen LogP contribution in [-0.2, 0) is 21.8 Å². The molecule has 0 spiro atoms.